The molecule has 0 aliphatic rings. The Kier molecular flexibility index (Phi) is 4.32. The molecule has 1 amide bonds. The van der Waals surface area contributed by atoms with Crippen molar-refractivity contribution in [3.63, 3.8) is 0 Å². The monoisotopic (exact) mass is 256 g/mol. The minimum atomic E-state index is -4.39. The van der Waals surface area contributed by atoms with Gasteiger partial charge in [-0.2, -0.15) is 18.4 Å². The van der Waals surface area contributed by atoms with Crippen molar-refractivity contribution in [3.8, 4) is 6.07 Å². The van der Waals surface area contributed by atoms with Gasteiger partial charge in [-0.05, 0) is 31.2 Å². The van der Waals surface area contributed by atoms with Crippen molar-refractivity contribution < 1.29 is 18.0 Å². The van der Waals surface area contributed by atoms with Gasteiger partial charge in [0.2, 0.25) is 5.91 Å². The third-order valence-corrected chi connectivity index (χ3v) is 2.21. The minimum absolute atomic E-state index is 0.0114. The molecule has 1 atom stereocenters. The van der Waals surface area contributed by atoms with Crippen molar-refractivity contribution in [1.29, 1.82) is 5.26 Å². The van der Waals surface area contributed by atoms with Crippen LogP contribution in [0, 0.1) is 17.2 Å². The maximum absolute atomic E-state index is 12.3. The molecule has 0 heterocycles. The Labute approximate surface area is 102 Å². The number of carbonyl (C=O) groups is 1. The van der Waals surface area contributed by atoms with Crippen molar-refractivity contribution in [3.05, 3.63) is 29.8 Å². The molecule has 3 nitrogen and oxygen atoms in total. The number of carbonyl (C=O) groups excluding carboxylic acids is 1. The van der Waals surface area contributed by atoms with Gasteiger partial charge in [0.25, 0.3) is 0 Å². The number of nitrogens with one attached hydrogen (secondary N) is 1. The van der Waals surface area contributed by atoms with Gasteiger partial charge < -0.3 is 5.32 Å². The molecule has 1 rings (SSSR count). The first kappa shape index (κ1) is 14.0. The van der Waals surface area contributed by atoms with Crippen LogP contribution in [0.25, 0.3) is 0 Å². The lowest BCUT2D eigenvalue weighted by atomic mass is 10.1. The zero-order chi connectivity index (χ0) is 13.8. The number of benzene rings is 1. The van der Waals surface area contributed by atoms with E-state index in [0.717, 1.165) is 12.1 Å². The molecule has 1 N–H and O–H groups in total. The van der Waals surface area contributed by atoms with Gasteiger partial charge in [-0.25, -0.2) is 0 Å². The van der Waals surface area contributed by atoms with E-state index in [2.05, 4.69) is 5.32 Å². The molecule has 0 fully saturated rings. The van der Waals surface area contributed by atoms with Gasteiger partial charge >= 0.3 is 6.18 Å². The maximum atomic E-state index is 12.3. The quantitative estimate of drug-likeness (QED) is 0.902. The van der Waals surface area contributed by atoms with Crippen molar-refractivity contribution in [2.75, 3.05) is 5.32 Å². The Bertz CT molecular complexity index is 460. The van der Waals surface area contributed by atoms with E-state index in [1.165, 1.54) is 12.1 Å². The molecule has 0 saturated carbocycles. The summed E-state index contributed by atoms with van der Waals surface area (Å²) >= 11 is 0. The standard InChI is InChI=1S/C12H11F3N2O/c1-8(7-16)6-11(18)17-10-4-2-9(3-5-10)12(13,14)15/h2-5,8H,6H2,1H3,(H,17,18). The highest BCUT2D eigenvalue weighted by Crippen LogP contribution is 2.29. The second-order valence-electron chi connectivity index (χ2n) is 3.86. The Morgan fingerprint density at radius 1 is 1.39 bits per heavy atom. The van der Waals surface area contributed by atoms with E-state index in [4.69, 9.17) is 5.26 Å². The summed E-state index contributed by atoms with van der Waals surface area (Å²) < 4.78 is 36.8. The maximum Gasteiger partial charge on any atom is 0.416 e. The van der Waals surface area contributed by atoms with Crippen molar-refractivity contribution >= 4 is 11.6 Å². The van der Waals surface area contributed by atoms with Crippen molar-refractivity contribution in [2.45, 2.75) is 19.5 Å². The van der Waals surface area contributed by atoms with Crippen LogP contribution in [0.5, 0.6) is 0 Å². The molecule has 96 valence electrons. The molecule has 1 aromatic rings. The average molecular weight is 256 g/mol. The molecule has 0 bridgehead atoms. The summed E-state index contributed by atoms with van der Waals surface area (Å²) in [6, 6.07) is 6.04. The van der Waals surface area contributed by atoms with Crippen LogP contribution in [-0.2, 0) is 11.0 Å². The van der Waals surface area contributed by atoms with Crippen LogP contribution in [0.3, 0.4) is 0 Å². The molecule has 0 aliphatic heterocycles. The van der Waals surface area contributed by atoms with Gasteiger partial charge in [0, 0.05) is 12.1 Å². The van der Waals surface area contributed by atoms with E-state index in [0.29, 0.717) is 0 Å². The van der Waals surface area contributed by atoms with Crippen LogP contribution in [0.1, 0.15) is 18.9 Å². The first-order valence-electron chi connectivity index (χ1n) is 5.19. The van der Waals surface area contributed by atoms with E-state index < -0.39 is 23.6 Å². The highest BCUT2D eigenvalue weighted by molar-refractivity contribution is 5.90. The number of nitriles is 1. The van der Waals surface area contributed by atoms with Gasteiger partial charge in [0.15, 0.2) is 0 Å². The predicted molar refractivity (Wildman–Crippen MR) is 59.5 cm³/mol. The van der Waals surface area contributed by atoms with Crippen LogP contribution in [0.15, 0.2) is 24.3 Å². The number of halogens is 3. The summed E-state index contributed by atoms with van der Waals surface area (Å²) in [6.45, 7) is 1.59. The van der Waals surface area contributed by atoms with Crippen molar-refractivity contribution in [2.24, 2.45) is 5.92 Å². The molecule has 0 spiro atoms. The minimum Gasteiger partial charge on any atom is -0.326 e. The smallest absolute Gasteiger partial charge is 0.326 e. The third kappa shape index (κ3) is 4.09. The van der Waals surface area contributed by atoms with Crippen LogP contribution in [-0.4, -0.2) is 5.91 Å². The molecule has 1 aromatic carbocycles. The summed E-state index contributed by atoms with van der Waals surface area (Å²) in [5, 5.41) is 10.9. The number of nitrogens with zero attached hydrogens (tertiary/aromatic N) is 1. The van der Waals surface area contributed by atoms with E-state index in [9.17, 15) is 18.0 Å². The lowest BCUT2D eigenvalue weighted by Gasteiger charge is -2.09. The van der Waals surface area contributed by atoms with Gasteiger partial charge in [-0.15, -0.1) is 0 Å². The lowest BCUT2D eigenvalue weighted by Crippen LogP contribution is -2.14. The zero-order valence-electron chi connectivity index (χ0n) is 9.58. The normalized spacial score (nSPS) is 12.6. The van der Waals surface area contributed by atoms with E-state index in [-0.39, 0.29) is 12.1 Å². The summed E-state index contributed by atoms with van der Waals surface area (Å²) in [5.74, 6) is -0.830. The summed E-state index contributed by atoms with van der Waals surface area (Å²) in [5.41, 5.74) is -0.496. The van der Waals surface area contributed by atoms with Crippen LogP contribution in [0.2, 0.25) is 0 Å². The highest BCUT2D eigenvalue weighted by Gasteiger charge is 2.29. The topological polar surface area (TPSA) is 52.9 Å². The zero-order valence-corrected chi connectivity index (χ0v) is 9.58. The molecule has 0 aliphatic carbocycles. The number of anilines is 1. The Balaban J connectivity index is 2.65. The SMILES string of the molecule is CC(C#N)CC(=O)Nc1ccc(C(F)(F)F)cc1. The fourth-order valence-corrected chi connectivity index (χ4v) is 1.28. The second-order valence-corrected chi connectivity index (χ2v) is 3.86. The fraction of sp³-hybridized carbons (Fsp3) is 0.333. The molecule has 18 heavy (non-hydrogen) atoms. The molecule has 0 radical (unpaired) electrons. The number of alkyl halides is 3. The molecular weight excluding hydrogens is 245 g/mol. The molecular formula is C12H11F3N2O. The average Bonchev–Trinajstić information content (AvgIpc) is 2.28. The predicted octanol–water partition coefficient (Wildman–Crippen LogP) is 3.19. The largest absolute Gasteiger partial charge is 0.416 e. The third-order valence-electron chi connectivity index (χ3n) is 2.21. The van der Waals surface area contributed by atoms with Crippen molar-refractivity contribution in [1.82, 2.24) is 0 Å². The summed E-state index contributed by atoms with van der Waals surface area (Å²) in [6.07, 6.45) is -4.38. The first-order chi connectivity index (χ1) is 8.32. The van der Waals surface area contributed by atoms with E-state index in [1.807, 2.05) is 6.07 Å². The molecule has 1 unspecified atom stereocenters. The highest BCUT2D eigenvalue weighted by atomic mass is 19.4. The van der Waals surface area contributed by atoms with Crippen LogP contribution in [0.4, 0.5) is 18.9 Å². The van der Waals surface area contributed by atoms with Gasteiger partial charge in [0.1, 0.15) is 0 Å². The van der Waals surface area contributed by atoms with Crippen LogP contribution < -0.4 is 5.32 Å². The van der Waals surface area contributed by atoms with Gasteiger partial charge in [-0.3, -0.25) is 4.79 Å². The molecule has 0 aromatic heterocycles. The number of rotatable bonds is 3. The lowest BCUT2D eigenvalue weighted by molar-refractivity contribution is -0.137. The second kappa shape index (κ2) is 5.54. The number of amides is 1. The first-order valence-corrected chi connectivity index (χ1v) is 5.19. The summed E-state index contributed by atoms with van der Waals surface area (Å²) in [4.78, 5) is 11.4. The van der Waals surface area contributed by atoms with Gasteiger partial charge in [-0.1, -0.05) is 0 Å². The number of hydrogen-bond acceptors (Lipinski definition) is 2. The molecule has 6 heteroatoms. The number of hydrogen-bond donors (Lipinski definition) is 1. The Hall–Kier alpha value is -2.03. The fourth-order valence-electron chi connectivity index (χ4n) is 1.28. The summed E-state index contributed by atoms with van der Waals surface area (Å²) in [7, 11) is 0. The Morgan fingerprint density at radius 3 is 2.39 bits per heavy atom. The Morgan fingerprint density at radius 2 is 1.94 bits per heavy atom. The molecule has 0 saturated heterocycles. The van der Waals surface area contributed by atoms with E-state index >= 15 is 0 Å². The van der Waals surface area contributed by atoms with Crippen LogP contribution >= 0.6 is 0 Å². The van der Waals surface area contributed by atoms with Gasteiger partial charge in [0.05, 0.1) is 17.6 Å². The van der Waals surface area contributed by atoms with E-state index in [1.54, 1.807) is 6.92 Å².